The number of hydrogen-bond donors (Lipinski definition) is 0. The lowest BCUT2D eigenvalue weighted by molar-refractivity contribution is 0.310. The molecule has 16 heavy (non-hydrogen) atoms. The van der Waals surface area contributed by atoms with E-state index in [1.807, 2.05) is 25.1 Å². The van der Waals surface area contributed by atoms with Crippen LogP contribution in [0.4, 0.5) is 0 Å². The van der Waals surface area contributed by atoms with Crippen molar-refractivity contribution in [2.24, 2.45) is 0 Å². The summed E-state index contributed by atoms with van der Waals surface area (Å²) in [6.07, 6.45) is 1.01. The highest BCUT2D eigenvalue weighted by molar-refractivity contribution is 6.26. The monoisotopic (exact) mass is 235 g/mol. The molecule has 0 heterocycles. The van der Waals surface area contributed by atoms with Crippen molar-refractivity contribution in [3.63, 3.8) is 0 Å². The summed E-state index contributed by atoms with van der Waals surface area (Å²) in [6.45, 7) is 3.51. The van der Waals surface area contributed by atoms with E-state index in [2.05, 4.69) is 6.07 Å². The maximum absolute atomic E-state index is 8.85. The van der Waals surface area contributed by atoms with E-state index in [0.717, 1.165) is 19.1 Å². The standard InChI is InChI=1S/C12H17NO2Si/c1-2-15-16-9-5-8-14-12-7-4-3-6-11(12)10-13/h3-4,6-7H,2,5,8-9,16H2,1H3. The summed E-state index contributed by atoms with van der Waals surface area (Å²) in [5.41, 5.74) is 0.601. The molecule has 3 nitrogen and oxygen atoms in total. The number of para-hydroxylation sites is 1. The maximum atomic E-state index is 8.85. The van der Waals surface area contributed by atoms with Crippen LogP contribution in [0.3, 0.4) is 0 Å². The lowest BCUT2D eigenvalue weighted by Crippen LogP contribution is -2.03. The molecule has 1 rings (SSSR count). The third-order valence-electron chi connectivity index (χ3n) is 2.15. The smallest absolute Gasteiger partial charge is 0.161 e. The van der Waals surface area contributed by atoms with Gasteiger partial charge in [-0.15, -0.1) is 0 Å². The van der Waals surface area contributed by atoms with Gasteiger partial charge in [-0.05, 0) is 31.5 Å². The van der Waals surface area contributed by atoms with Gasteiger partial charge in [-0.2, -0.15) is 5.26 Å². The Hall–Kier alpha value is -1.31. The molecule has 86 valence electrons. The van der Waals surface area contributed by atoms with Crippen LogP contribution < -0.4 is 4.74 Å². The van der Waals surface area contributed by atoms with Crippen LogP contribution >= 0.6 is 0 Å². The zero-order chi connectivity index (χ0) is 11.6. The Labute approximate surface area is 98.9 Å². The average molecular weight is 235 g/mol. The summed E-state index contributed by atoms with van der Waals surface area (Å²) >= 11 is 0. The summed E-state index contributed by atoms with van der Waals surface area (Å²) in [7, 11) is -0.349. The quantitative estimate of drug-likeness (QED) is 0.535. The first-order valence-corrected chi connectivity index (χ1v) is 7.16. The Kier molecular flexibility index (Phi) is 6.31. The number of rotatable bonds is 7. The van der Waals surface area contributed by atoms with Crippen molar-refractivity contribution < 1.29 is 9.16 Å². The number of nitriles is 1. The van der Waals surface area contributed by atoms with Crippen LogP contribution in [0.5, 0.6) is 5.75 Å². The van der Waals surface area contributed by atoms with Crippen molar-refractivity contribution >= 4 is 9.76 Å². The Morgan fingerprint density at radius 2 is 2.19 bits per heavy atom. The summed E-state index contributed by atoms with van der Waals surface area (Å²) in [6, 6.07) is 10.6. The van der Waals surface area contributed by atoms with Gasteiger partial charge in [0, 0.05) is 6.61 Å². The van der Waals surface area contributed by atoms with Crippen LogP contribution in [0.25, 0.3) is 0 Å². The van der Waals surface area contributed by atoms with Gasteiger partial charge in [0.1, 0.15) is 11.8 Å². The fourth-order valence-corrected chi connectivity index (χ4v) is 2.22. The molecule has 0 spiro atoms. The van der Waals surface area contributed by atoms with Crippen LogP contribution in [-0.4, -0.2) is 23.0 Å². The zero-order valence-corrected chi connectivity index (χ0v) is 11.0. The topological polar surface area (TPSA) is 42.2 Å². The van der Waals surface area contributed by atoms with E-state index < -0.39 is 0 Å². The highest BCUT2D eigenvalue weighted by Gasteiger charge is 2.00. The van der Waals surface area contributed by atoms with Gasteiger partial charge in [-0.1, -0.05) is 12.1 Å². The molecule has 0 saturated carbocycles. The zero-order valence-electron chi connectivity index (χ0n) is 9.61. The Morgan fingerprint density at radius 1 is 1.38 bits per heavy atom. The third-order valence-corrected chi connectivity index (χ3v) is 3.64. The second-order valence-electron chi connectivity index (χ2n) is 3.36. The molecule has 0 aliphatic carbocycles. The van der Waals surface area contributed by atoms with Gasteiger partial charge in [-0.3, -0.25) is 0 Å². The molecule has 4 heteroatoms. The molecular formula is C12H17NO2Si. The fraction of sp³-hybridized carbons (Fsp3) is 0.417. The van der Waals surface area contributed by atoms with E-state index in [-0.39, 0.29) is 9.76 Å². The maximum Gasteiger partial charge on any atom is 0.161 e. The van der Waals surface area contributed by atoms with E-state index in [4.69, 9.17) is 14.4 Å². The van der Waals surface area contributed by atoms with Crippen LogP contribution in [0.2, 0.25) is 6.04 Å². The first kappa shape index (κ1) is 12.8. The van der Waals surface area contributed by atoms with E-state index >= 15 is 0 Å². The second kappa shape index (κ2) is 7.91. The number of ether oxygens (including phenoxy) is 1. The van der Waals surface area contributed by atoms with Crippen LogP contribution in [-0.2, 0) is 4.43 Å². The van der Waals surface area contributed by atoms with Crippen molar-refractivity contribution in [1.82, 2.24) is 0 Å². The van der Waals surface area contributed by atoms with Gasteiger partial charge >= 0.3 is 0 Å². The molecular weight excluding hydrogens is 218 g/mol. The molecule has 0 amide bonds. The predicted molar refractivity (Wildman–Crippen MR) is 66.2 cm³/mol. The van der Waals surface area contributed by atoms with Crippen LogP contribution in [0.1, 0.15) is 18.9 Å². The Balaban J connectivity index is 2.24. The first-order valence-electron chi connectivity index (χ1n) is 5.58. The van der Waals surface area contributed by atoms with Gasteiger partial charge in [-0.25, -0.2) is 0 Å². The molecule has 0 unspecified atom stereocenters. The minimum atomic E-state index is -0.349. The minimum Gasteiger partial charge on any atom is -0.492 e. The van der Waals surface area contributed by atoms with E-state index in [0.29, 0.717) is 17.9 Å². The lowest BCUT2D eigenvalue weighted by Gasteiger charge is -2.07. The molecule has 0 aliphatic heterocycles. The van der Waals surface area contributed by atoms with Gasteiger partial charge in [0.25, 0.3) is 0 Å². The number of nitrogens with zero attached hydrogens (tertiary/aromatic N) is 1. The summed E-state index contributed by atoms with van der Waals surface area (Å²) < 4.78 is 10.9. The summed E-state index contributed by atoms with van der Waals surface area (Å²) in [5, 5.41) is 8.85. The minimum absolute atomic E-state index is 0.349. The molecule has 0 radical (unpaired) electrons. The van der Waals surface area contributed by atoms with Crippen LogP contribution in [0.15, 0.2) is 24.3 Å². The largest absolute Gasteiger partial charge is 0.492 e. The first-order chi connectivity index (χ1) is 7.88. The van der Waals surface area contributed by atoms with Crippen molar-refractivity contribution in [2.75, 3.05) is 13.2 Å². The van der Waals surface area contributed by atoms with E-state index in [9.17, 15) is 0 Å². The molecule has 0 saturated heterocycles. The average Bonchev–Trinajstić information content (AvgIpc) is 2.34. The predicted octanol–water partition coefficient (Wildman–Crippen LogP) is 1.87. The number of benzene rings is 1. The van der Waals surface area contributed by atoms with Gasteiger partial charge in [0.2, 0.25) is 0 Å². The molecule has 0 aromatic heterocycles. The number of hydrogen-bond acceptors (Lipinski definition) is 3. The van der Waals surface area contributed by atoms with Crippen molar-refractivity contribution in [2.45, 2.75) is 19.4 Å². The van der Waals surface area contributed by atoms with Crippen molar-refractivity contribution in [3.05, 3.63) is 29.8 Å². The third kappa shape index (κ3) is 4.47. The fourth-order valence-electron chi connectivity index (χ4n) is 1.32. The SMILES string of the molecule is CCO[SiH2]CCCOc1ccccc1C#N. The van der Waals surface area contributed by atoms with E-state index in [1.165, 1.54) is 0 Å². The molecule has 0 aliphatic rings. The highest BCUT2D eigenvalue weighted by Crippen LogP contribution is 2.16. The summed E-state index contributed by atoms with van der Waals surface area (Å²) in [4.78, 5) is 0. The van der Waals surface area contributed by atoms with Gasteiger partial charge in [0.05, 0.1) is 12.2 Å². The lowest BCUT2D eigenvalue weighted by atomic mass is 10.2. The second-order valence-corrected chi connectivity index (χ2v) is 4.88. The summed E-state index contributed by atoms with van der Waals surface area (Å²) in [5.74, 6) is 0.683. The normalized spacial score (nSPS) is 10.5. The molecule has 0 N–H and O–H groups in total. The van der Waals surface area contributed by atoms with E-state index in [1.54, 1.807) is 6.07 Å². The van der Waals surface area contributed by atoms with Crippen molar-refractivity contribution in [1.29, 1.82) is 5.26 Å². The molecule has 1 aromatic carbocycles. The Bertz CT molecular complexity index is 349. The highest BCUT2D eigenvalue weighted by atomic mass is 28.2. The Morgan fingerprint density at radius 3 is 2.94 bits per heavy atom. The van der Waals surface area contributed by atoms with Crippen molar-refractivity contribution in [3.8, 4) is 11.8 Å². The molecule has 1 aromatic rings. The molecule has 0 bridgehead atoms. The van der Waals surface area contributed by atoms with Gasteiger partial charge < -0.3 is 9.16 Å². The molecule has 0 atom stereocenters. The van der Waals surface area contributed by atoms with Crippen LogP contribution in [0, 0.1) is 11.3 Å². The van der Waals surface area contributed by atoms with Gasteiger partial charge in [0.15, 0.2) is 9.76 Å². The molecule has 0 fully saturated rings.